The van der Waals surface area contributed by atoms with Crippen LogP contribution < -0.4 is 0 Å². The lowest BCUT2D eigenvalue weighted by atomic mass is 9.95. The van der Waals surface area contributed by atoms with Crippen LogP contribution in [-0.2, 0) is 12.8 Å². The highest BCUT2D eigenvalue weighted by Gasteiger charge is 2.03. The minimum absolute atomic E-state index is 0. The van der Waals surface area contributed by atoms with Crippen molar-refractivity contribution in [3.8, 4) is 0 Å². The highest BCUT2D eigenvalue weighted by Crippen LogP contribution is 2.16. The van der Waals surface area contributed by atoms with Crippen LogP contribution in [0, 0.1) is 12.8 Å². The maximum absolute atomic E-state index is 2.33. The Labute approximate surface area is 117 Å². The molecule has 0 aliphatic heterocycles. The first-order valence-corrected chi connectivity index (χ1v) is 7.22. The maximum atomic E-state index is 2.33. The van der Waals surface area contributed by atoms with Gasteiger partial charge in [0.2, 0.25) is 0 Å². The second-order valence-corrected chi connectivity index (χ2v) is 4.22. The van der Waals surface area contributed by atoms with Crippen LogP contribution in [0.25, 0.3) is 0 Å². The fraction of sp³-hybridized carbons (Fsp3) is 0.667. The van der Waals surface area contributed by atoms with Crippen molar-refractivity contribution < 1.29 is 0 Å². The Hall–Kier alpha value is -0.780. The molecule has 0 nitrogen and oxygen atoms in total. The summed E-state index contributed by atoms with van der Waals surface area (Å²) in [5.41, 5.74) is 4.43. The average Bonchev–Trinajstić information content (AvgIpc) is 2.34. The first-order chi connectivity index (χ1) is 8.13. The van der Waals surface area contributed by atoms with Crippen molar-refractivity contribution in [1.29, 1.82) is 0 Å². The zero-order valence-electron chi connectivity index (χ0n) is 13.2. The molecular formula is C18H36. The standard InChI is InChI=1S/C13H20.2C2H6.CH4/c1-5-12-7-6-11(4)9-13(12)8-10(2)3;2*1-2;/h6-7,9-10H,5,8H2,1-4H3;2*1-2H3;1H4. The summed E-state index contributed by atoms with van der Waals surface area (Å²) in [6.45, 7) is 17.0. The lowest BCUT2D eigenvalue weighted by Crippen LogP contribution is -1.99. The summed E-state index contributed by atoms with van der Waals surface area (Å²) in [6, 6.07) is 6.81. The van der Waals surface area contributed by atoms with Gasteiger partial charge < -0.3 is 0 Å². The molecule has 0 saturated heterocycles. The van der Waals surface area contributed by atoms with Gasteiger partial charge in [-0.05, 0) is 36.8 Å². The van der Waals surface area contributed by atoms with E-state index in [1.165, 1.54) is 23.1 Å². The molecular weight excluding hydrogens is 216 g/mol. The third-order valence-electron chi connectivity index (χ3n) is 2.37. The van der Waals surface area contributed by atoms with Gasteiger partial charge in [-0.25, -0.2) is 0 Å². The molecule has 0 fully saturated rings. The predicted octanol–water partition coefficient (Wildman–Crippen LogP) is 6.44. The summed E-state index contributed by atoms with van der Waals surface area (Å²) >= 11 is 0. The summed E-state index contributed by atoms with van der Waals surface area (Å²) in [5, 5.41) is 0. The van der Waals surface area contributed by atoms with Crippen LogP contribution in [0.5, 0.6) is 0 Å². The van der Waals surface area contributed by atoms with Crippen LogP contribution in [0.4, 0.5) is 0 Å². The molecule has 0 atom stereocenters. The fourth-order valence-corrected chi connectivity index (χ4v) is 1.73. The van der Waals surface area contributed by atoms with Crippen LogP contribution in [0.15, 0.2) is 18.2 Å². The van der Waals surface area contributed by atoms with Crippen LogP contribution in [0.1, 0.15) is 72.6 Å². The zero-order chi connectivity index (χ0) is 13.8. The van der Waals surface area contributed by atoms with Crippen LogP contribution >= 0.6 is 0 Å². The van der Waals surface area contributed by atoms with Gasteiger partial charge >= 0.3 is 0 Å². The Bertz CT molecular complexity index is 271. The topological polar surface area (TPSA) is 0 Å². The summed E-state index contributed by atoms with van der Waals surface area (Å²) in [7, 11) is 0. The van der Waals surface area contributed by atoms with E-state index in [0.29, 0.717) is 0 Å². The number of hydrogen-bond acceptors (Lipinski definition) is 0. The molecule has 0 aromatic heterocycles. The Morgan fingerprint density at radius 1 is 0.944 bits per heavy atom. The van der Waals surface area contributed by atoms with Crippen molar-refractivity contribution in [3.05, 3.63) is 34.9 Å². The van der Waals surface area contributed by atoms with E-state index in [0.717, 1.165) is 12.3 Å². The lowest BCUT2D eigenvalue weighted by Gasteiger charge is -2.11. The Balaban J connectivity index is -0.000000409. The molecule has 108 valence electrons. The molecule has 0 heteroatoms. The molecule has 1 aromatic rings. The Kier molecular flexibility index (Phi) is 17.8. The Morgan fingerprint density at radius 2 is 1.44 bits per heavy atom. The number of hydrogen-bond donors (Lipinski definition) is 0. The molecule has 0 spiro atoms. The minimum Gasteiger partial charge on any atom is -0.0776 e. The maximum Gasteiger partial charge on any atom is -0.0253 e. The molecule has 0 aliphatic carbocycles. The van der Waals surface area contributed by atoms with Crippen molar-refractivity contribution in [2.24, 2.45) is 5.92 Å². The smallest absolute Gasteiger partial charge is 0.0253 e. The SMILES string of the molecule is C.CC.CC.CCc1ccc(C)cc1CC(C)C. The molecule has 18 heavy (non-hydrogen) atoms. The molecule has 0 radical (unpaired) electrons. The number of benzene rings is 1. The Morgan fingerprint density at radius 3 is 1.83 bits per heavy atom. The van der Waals surface area contributed by atoms with Crippen LogP contribution in [0.3, 0.4) is 0 Å². The van der Waals surface area contributed by atoms with Crippen molar-refractivity contribution in [2.75, 3.05) is 0 Å². The van der Waals surface area contributed by atoms with Gasteiger partial charge in [0, 0.05) is 0 Å². The van der Waals surface area contributed by atoms with Crippen LogP contribution in [-0.4, -0.2) is 0 Å². The van der Waals surface area contributed by atoms with E-state index in [1.54, 1.807) is 0 Å². The molecule has 1 aromatic carbocycles. The van der Waals surface area contributed by atoms with Crippen molar-refractivity contribution in [1.82, 2.24) is 0 Å². The van der Waals surface area contributed by atoms with E-state index in [9.17, 15) is 0 Å². The minimum atomic E-state index is 0. The van der Waals surface area contributed by atoms with Gasteiger partial charge in [0.1, 0.15) is 0 Å². The molecule has 1 rings (SSSR count). The van der Waals surface area contributed by atoms with Gasteiger partial charge in [-0.15, -0.1) is 0 Å². The summed E-state index contributed by atoms with van der Waals surface area (Å²) in [6.07, 6.45) is 2.37. The van der Waals surface area contributed by atoms with Gasteiger partial charge in [0.25, 0.3) is 0 Å². The second-order valence-electron chi connectivity index (χ2n) is 4.22. The second kappa shape index (κ2) is 14.3. The van der Waals surface area contributed by atoms with Crippen molar-refractivity contribution >= 4 is 0 Å². The zero-order valence-corrected chi connectivity index (χ0v) is 13.2. The number of aryl methyl sites for hydroxylation is 2. The van der Waals surface area contributed by atoms with Crippen molar-refractivity contribution in [3.63, 3.8) is 0 Å². The van der Waals surface area contributed by atoms with Crippen LogP contribution in [0.2, 0.25) is 0 Å². The molecule has 0 saturated carbocycles. The van der Waals surface area contributed by atoms with E-state index in [1.807, 2.05) is 27.7 Å². The van der Waals surface area contributed by atoms with Gasteiger partial charge in [0.05, 0.1) is 0 Å². The monoisotopic (exact) mass is 252 g/mol. The predicted molar refractivity (Wildman–Crippen MR) is 88.5 cm³/mol. The number of rotatable bonds is 3. The van der Waals surface area contributed by atoms with Gasteiger partial charge in [0.15, 0.2) is 0 Å². The lowest BCUT2D eigenvalue weighted by molar-refractivity contribution is 0.643. The summed E-state index contributed by atoms with van der Waals surface area (Å²) in [4.78, 5) is 0. The molecule has 0 heterocycles. The fourth-order valence-electron chi connectivity index (χ4n) is 1.73. The van der Waals surface area contributed by atoms with E-state index in [4.69, 9.17) is 0 Å². The van der Waals surface area contributed by atoms with E-state index in [2.05, 4.69) is 45.9 Å². The van der Waals surface area contributed by atoms with E-state index in [-0.39, 0.29) is 7.43 Å². The molecule has 0 aliphatic rings. The van der Waals surface area contributed by atoms with Gasteiger partial charge in [-0.1, -0.05) is 79.7 Å². The highest BCUT2D eigenvalue weighted by molar-refractivity contribution is 5.31. The molecule has 0 bridgehead atoms. The first kappa shape index (κ1) is 22.4. The third kappa shape index (κ3) is 9.27. The molecule has 0 N–H and O–H groups in total. The summed E-state index contributed by atoms with van der Waals surface area (Å²) in [5.74, 6) is 0.757. The normalized spacial score (nSPS) is 8.50. The average molecular weight is 252 g/mol. The first-order valence-electron chi connectivity index (χ1n) is 7.22. The highest BCUT2D eigenvalue weighted by atomic mass is 14.1. The van der Waals surface area contributed by atoms with E-state index >= 15 is 0 Å². The van der Waals surface area contributed by atoms with Gasteiger partial charge in [-0.2, -0.15) is 0 Å². The molecule has 0 amide bonds. The van der Waals surface area contributed by atoms with Crippen molar-refractivity contribution in [2.45, 2.75) is 75.7 Å². The third-order valence-corrected chi connectivity index (χ3v) is 2.37. The molecule has 0 unspecified atom stereocenters. The van der Waals surface area contributed by atoms with E-state index < -0.39 is 0 Å². The van der Waals surface area contributed by atoms with Gasteiger partial charge in [-0.3, -0.25) is 0 Å². The largest absolute Gasteiger partial charge is 0.0776 e. The summed E-state index contributed by atoms with van der Waals surface area (Å²) < 4.78 is 0. The quantitative estimate of drug-likeness (QED) is 0.580.